The predicted octanol–water partition coefficient (Wildman–Crippen LogP) is 3.00. The second-order valence-corrected chi connectivity index (χ2v) is 3.30. The third-order valence-electron chi connectivity index (χ3n) is 1.89. The van der Waals surface area contributed by atoms with Crippen LogP contribution < -0.4 is 0 Å². The van der Waals surface area contributed by atoms with Crippen LogP contribution in [0.15, 0.2) is 24.3 Å². The summed E-state index contributed by atoms with van der Waals surface area (Å²) in [4.78, 5) is 10.3. The quantitative estimate of drug-likeness (QED) is 0.779. The summed E-state index contributed by atoms with van der Waals surface area (Å²) in [7, 11) is 0. The molecule has 1 aromatic carbocycles. The van der Waals surface area contributed by atoms with Crippen LogP contribution in [0.1, 0.15) is 18.1 Å². The summed E-state index contributed by atoms with van der Waals surface area (Å²) in [6, 6.07) is 5.47. The van der Waals surface area contributed by atoms with Gasteiger partial charge in [-0.3, -0.25) is 0 Å². The van der Waals surface area contributed by atoms with Crippen molar-refractivity contribution < 1.29 is 9.90 Å². The van der Waals surface area contributed by atoms with Gasteiger partial charge in [0.1, 0.15) is 0 Å². The van der Waals surface area contributed by atoms with E-state index in [4.69, 9.17) is 16.7 Å². The van der Waals surface area contributed by atoms with E-state index in [1.54, 1.807) is 18.2 Å². The SMILES string of the molecule is CCc1ccc(Cl)cc1/C=C/C(=O)O. The van der Waals surface area contributed by atoms with E-state index in [1.165, 1.54) is 0 Å². The van der Waals surface area contributed by atoms with Crippen LogP contribution >= 0.6 is 11.6 Å². The number of aliphatic carboxylic acids is 1. The van der Waals surface area contributed by atoms with Gasteiger partial charge in [0, 0.05) is 11.1 Å². The first-order valence-electron chi connectivity index (χ1n) is 4.33. The minimum atomic E-state index is -0.952. The average molecular weight is 211 g/mol. The lowest BCUT2D eigenvalue weighted by molar-refractivity contribution is -0.131. The zero-order chi connectivity index (χ0) is 10.6. The van der Waals surface area contributed by atoms with Crippen molar-refractivity contribution in [3.63, 3.8) is 0 Å². The Balaban J connectivity index is 3.04. The van der Waals surface area contributed by atoms with Gasteiger partial charge in [0.2, 0.25) is 0 Å². The minimum Gasteiger partial charge on any atom is -0.478 e. The molecule has 0 heterocycles. The van der Waals surface area contributed by atoms with Gasteiger partial charge in [-0.1, -0.05) is 24.6 Å². The molecule has 3 heteroatoms. The summed E-state index contributed by atoms with van der Waals surface area (Å²) in [6.45, 7) is 2.02. The lowest BCUT2D eigenvalue weighted by Crippen LogP contribution is -1.89. The highest BCUT2D eigenvalue weighted by atomic mass is 35.5. The number of hydrogen-bond donors (Lipinski definition) is 1. The van der Waals surface area contributed by atoms with Crippen LogP contribution in [-0.2, 0) is 11.2 Å². The fourth-order valence-corrected chi connectivity index (χ4v) is 1.38. The number of benzene rings is 1. The third kappa shape index (κ3) is 2.89. The van der Waals surface area contributed by atoms with Gasteiger partial charge < -0.3 is 5.11 Å². The maximum absolute atomic E-state index is 10.3. The molecule has 0 saturated carbocycles. The lowest BCUT2D eigenvalue weighted by atomic mass is 10.1. The van der Waals surface area contributed by atoms with Crippen LogP contribution in [0.5, 0.6) is 0 Å². The average Bonchev–Trinajstić information content (AvgIpc) is 2.15. The highest BCUT2D eigenvalue weighted by Gasteiger charge is 1.98. The number of hydrogen-bond acceptors (Lipinski definition) is 1. The second kappa shape index (κ2) is 4.82. The summed E-state index contributed by atoms with van der Waals surface area (Å²) in [6.07, 6.45) is 3.54. The molecule has 0 amide bonds. The van der Waals surface area contributed by atoms with E-state index < -0.39 is 5.97 Å². The summed E-state index contributed by atoms with van der Waals surface area (Å²) >= 11 is 5.81. The topological polar surface area (TPSA) is 37.3 Å². The molecule has 0 aromatic heterocycles. The highest BCUT2D eigenvalue weighted by molar-refractivity contribution is 6.30. The van der Waals surface area contributed by atoms with Gasteiger partial charge >= 0.3 is 5.97 Å². The van der Waals surface area contributed by atoms with Crippen LogP contribution in [0.2, 0.25) is 5.02 Å². The van der Waals surface area contributed by atoms with Crippen LogP contribution in [0, 0.1) is 0 Å². The molecule has 1 N–H and O–H groups in total. The minimum absolute atomic E-state index is 0.618. The smallest absolute Gasteiger partial charge is 0.328 e. The molecule has 0 atom stereocenters. The Morgan fingerprint density at radius 2 is 2.29 bits per heavy atom. The molecule has 74 valence electrons. The summed E-state index contributed by atoms with van der Waals surface area (Å²) in [5, 5.41) is 9.11. The maximum atomic E-state index is 10.3. The molecule has 0 spiro atoms. The molecular formula is C11H11ClO2. The molecule has 0 saturated heterocycles. The molecule has 0 unspecified atom stereocenters. The van der Waals surface area contributed by atoms with E-state index in [0.29, 0.717) is 5.02 Å². The van der Waals surface area contributed by atoms with Crippen molar-refractivity contribution in [2.75, 3.05) is 0 Å². The van der Waals surface area contributed by atoms with E-state index in [2.05, 4.69) is 0 Å². The van der Waals surface area contributed by atoms with Crippen molar-refractivity contribution in [3.05, 3.63) is 40.4 Å². The summed E-state index contributed by atoms with van der Waals surface area (Å²) in [5.74, 6) is -0.952. The van der Waals surface area contributed by atoms with Crippen molar-refractivity contribution in [1.82, 2.24) is 0 Å². The Bertz CT molecular complexity index is 370. The third-order valence-corrected chi connectivity index (χ3v) is 2.13. The fraction of sp³-hybridized carbons (Fsp3) is 0.182. The van der Waals surface area contributed by atoms with E-state index in [9.17, 15) is 4.79 Å². The molecule has 14 heavy (non-hydrogen) atoms. The molecule has 0 aliphatic carbocycles. The molecule has 2 nitrogen and oxygen atoms in total. The number of carboxylic acids is 1. The van der Waals surface area contributed by atoms with Crippen LogP contribution in [0.25, 0.3) is 6.08 Å². The Morgan fingerprint density at radius 1 is 1.57 bits per heavy atom. The second-order valence-electron chi connectivity index (χ2n) is 2.87. The standard InChI is InChI=1S/C11H11ClO2/c1-2-8-3-5-10(12)7-9(8)4-6-11(13)14/h3-7H,2H2,1H3,(H,13,14)/b6-4+. The first-order chi connectivity index (χ1) is 6.63. The van der Waals surface area contributed by atoms with Crippen molar-refractivity contribution in [2.45, 2.75) is 13.3 Å². The number of rotatable bonds is 3. The zero-order valence-corrected chi connectivity index (χ0v) is 8.58. The van der Waals surface area contributed by atoms with Crippen molar-refractivity contribution in [2.24, 2.45) is 0 Å². The lowest BCUT2D eigenvalue weighted by Gasteiger charge is -2.02. The van der Waals surface area contributed by atoms with Crippen LogP contribution in [0.3, 0.4) is 0 Å². The normalized spacial score (nSPS) is 10.7. The van der Waals surface area contributed by atoms with Gasteiger partial charge in [0.15, 0.2) is 0 Å². The van der Waals surface area contributed by atoms with E-state index in [0.717, 1.165) is 23.6 Å². The van der Waals surface area contributed by atoms with Crippen LogP contribution in [0.4, 0.5) is 0 Å². The molecule has 1 rings (SSSR count). The Hall–Kier alpha value is -1.28. The van der Waals surface area contributed by atoms with E-state index in [1.807, 2.05) is 13.0 Å². The van der Waals surface area contributed by atoms with Gasteiger partial charge in [-0.05, 0) is 35.8 Å². The van der Waals surface area contributed by atoms with Gasteiger partial charge in [-0.25, -0.2) is 4.79 Å². The van der Waals surface area contributed by atoms with Gasteiger partial charge in [0.25, 0.3) is 0 Å². The van der Waals surface area contributed by atoms with E-state index >= 15 is 0 Å². The number of carbonyl (C=O) groups is 1. The highest BCUT2D eigenvalue weighted by Crippen LogP contribution is 2.17. The molecule has 0 aliphatic heterocycles. The first-order valence-corrected chi connectivity index (χ1v) is 4.70. The van der Waals surface area contributed by atoms with Gasteiger partial charge in [0.05, 0.1) is 0 Å². The van der Waals surface area contributed by atoms with E-state index in [-0.39, 0.29) is 0 Å². The molecule has 0 aliphatic rings. The summed E-state index contributed by atoms with van der Waals surface area (Å²) in [5.41, 5.74) is 1.95. The monoisotopic (exact) mass is 210 g/mol. The van der Waals surface area contributed by atoms with Crippen molar-refractivity contribution >= 4 is 23.6 Å². The Kier molecular flexibility index (Phi) is 3.72. The predicted molar refractivity (Wildman–Crippen MR) is 57.5 cm³/mol. The maximum Gasteiger partial charge on any atom is 0.328 e. The fourth-order valence-electron chi connectivity index (χ4n) is 1.20. The first kappa shape index (κ1) is 10.8. The molecule has 0 fully saturated rings. The van der Waals surface area contributed by atoms with Gasteiger partial charge in [-0.2, -0.15) is 0 Å². The van der Waals surface area contributed by atoms with Crippen molar-refractivity contribution in [1.29, 1.82) is 0 Å². The number of carboxylic acid groups (broad SMARTS) is 1. The van der Waals surface area contributed by atoms with Gasteiger partial charge in [-0.15, -0.1) is 0 Å². The Morgan fingerprint density at radius 3 is 2.86 bits per heavy atom. The largest absolute Gasteiger partial charge is 0.478 e. The zero-order valence-electron chi connectivity index (χ0n) is 7.83. The molecular weight excluding hydrogens is 200 g/mol. The van der Waals surface area contributed by atoms with Crippen LogP contribution in [-0.4, -0.2) is 11.1 Å². The Labute approximate surface area is 87.8 Å². The summed E-state index contributed by atoms with van der Waals surface area (Å²) < 4.78 is 0. The number of aryl methyl sites for hydroxylation is 1. The molecule has 0 radical (unpaired) electrons. The molecule has 0 bridgehead atoms. The number of halogens is 1. The van der Waals surface area contributed by atoms with Crippen molar-refractivity contribution in [3.8, 4) is 0 Å². The molecule has 1 aromatic rings.